The number of likely N-dealkylation sites (N-methyl/N-ethyl adjacent to an activating group) is 1. The molecule has 0 rings (SSSR count). The van der Waals surface area contributed by atoms with E-state index in [0.717, 1.165) is 0 Å². The molecule has 0 radical (unpaired) electrons. The molecule has 0 heterocycles. The van der Waals surface area contributed by atoms with Crippen molar-refractivity contribution in [2.45, 2.75) is 13.0 Å². The van der Waals surface area contributed by atoms with Crippen molar-refractivity contribution < 1.29 is 9.90 Å². The van der Waals surface area contributed by atoms with Crippen molar-refractivity contribution >= 4 is 18.5 Å². The number of nitrogens with one attached hydrogen (secondary N) is 1. The number of aliphatic hydroxyl groups excluding tert-OH is 1. The van der Waals surface area contributed by atoms with Gasteiger partial charge in [0.05, 0.1) is 0 Å². The number of carbonyl (C=O) groups is 1. The molecule has 0 aliphatic heterocycles. The van der Waals surface area contributed by atoms with Gasteiger partial charge in [-0.25, -0.2) is 0 Å². The molecule has 0 aliphatic rings. The van der Waals surface area contributed by atoms with Gasteiger partial charge in [0.1, 0.15) is 6.10 Å². The quantitative estimate of drug-likeness (QED) is 0.449. The average Bonchev–Trinajstić information content (AvgIpc) is 1.91. The Kier molecular flexibility index (Phi) is 9.99. The number of hydrogen-bond acceptors (Lipinski definition) is 3. The molecular weight excluding hydrogens is 138 g/mol. The molecule has 0 spiro atoms. The van der Waals surface area contributed by atoms with Gasteiger partial charge in [0.25, 0.3) is 0 Å². The first-order valence-electron chi connectivity index (χ1n) is 2.53. The second-order valence-corrected chi connectivity index (χ2v) is 1.29. The summed E-state index contributed by atoms with van der Waals surface area (Å²) in [6, 6.07) is 0. The number of rotatable bonds is 1. The molecule has 0 aromatic rings. The molecule has 56 valence electrons. The minimum Gasteiger partial charge on any atom is -0.384 e. The Morgan fingerprint density at radius 3 is 2.00 bits per heavy atom. The molecule has 0 saturated carbocycles. The van der Waals surface area contributed by atoms with Gasteiger partial charge >= 0.3 is 0 Å². The van der Waals surface area contributed by atoms with Crippen LogP contribution in [0.3, 0.4) is 0 Å². The Balaban J connectivity index is 0. The van der Waals surface area contributed by atoms with Crippen molar-refractivity contribution in [3.63, 3.8) is 0 Å². The molecule has 1 amide bonds. The van der Waals surface area contributed by atoms with Crippen molar-refractivity contribution in [1.29, 1.82) is 0 Å². The van der Waals surface area contributed by atoms with Gasteiger partial charge in [0.2, 0.25) is 5.91 Å². The van der Waals surface area contributed by atoms with Gasteiger partial charge in [-0.3, -0.25) is 4.79 Å². The number of carbonyl (C=O) groups excluding carboxylic acids is 1. The highest BCUT2D eigenvalue weighted by atomic mass is 32.1. The summed E-state index contributed by atoms with van der Waals surface area (Å²) in [5.74, 6) is -0.347. The average molecular weight is 151 g/mol. The van der Waals surface area contributed by atoms with Gasteiger partial charge < -0.3 is 10.4 Å². The maximum Gasteiger partial charge on any atom is 0.248 e. The van der Waals surface area contributed by atoms with Crippen molar-refractivity contribution in [3.05, 3.63) is 0 Å². The van der Waals surface area contributed by atoms with Gasteiger partial charge in [0, 0.05) is 7.05 Å². The van der Waals surface area contributed by atoms with Crippen LogP contribution in [0, 0.1) is 0 Å². The Labute approximate surface area is 60.9 Å². The van der Waals surface area contributed by atoms with E-state index in [1.807, 2.05) is 0 Å². The van der Waals surface area contributed by atoms with Crippen LogP contribution in [0.25, 0.3) is 0 Å². The molecule has 0 aromatic carbocycles. The van der Waals surface area contributed by atoms with Gasteiger partial charge in [-0.1, -0.05) is 0 Å². The first-order chi connectivity index (χ1) is 4.18. The predicted molar refractivity (Wildman–Crippen MR) is 40.7 cm³/mol. The van der Waals surface area contributed by atoms with E-state index in [-0.39, 0.29) is 5.91 Å². The van der Waals surface area contributed by atoms with Crippen LogP contribution in [-0.4, -0.2) is 30.4 Å². The van der Waals surface area contributed by atoms with Crippen LogP contribution in [0.15, 0.2) is 0 Å². The lowest BCUT2D eigenvalue weighted by Crippen LogP contribution is -2.28. The zero-order chi connectivity index (χ0) is 7.86. The second-order valence-electron chi connectivity index (χ2n) is 1.29. The topological polar surface area (TPSA) is 49.3 Å². The van der Waals surface area contributed by atoms with Crippen LogP contribution in [0.1, 0.15) is 6.92 Å². The number of hydrogen-bond donors (Lipinski definition) is 3. The lowest BCUT2D eigenvalue weighted by molar-refractivity contribution is -0.127. The summed E-state index contributed by atoms with van der Waals surface area (Å²) in [7, 11) is 1.48. The van der Waals surface area contributed by atoms with Crippen molar-refractivity contribution in [1.82, 2.24) is 5.32 Å². The second kappa shape index (κ2) is 7.78. The molecule has 1 atom stereocenters. The van der Waals surface area contributed by atoms with Crippen molar-refractivity contribution in [2.24, 2.45) is 0 Å². The third-order valence-electron chi connectivity index (χ3n) is 0.626. The molecule has 0 fully saturated rings. The highest BCUT2D eigenvalue weighted by Gasteiger charge is 2.02. The molecule has 0 saturated heterocycles. The number of aliphatic hydroxyl groups is 1. The Hall–Kier alpha value is -0.220. The van der Waals surface area contributed by atoms with Gasteiger partial charge in [-0.2, -0.15) is 12.6 Å². The molecule has 9 heavy (non-hydrogen) atoms. The molecular formula is C5H13NO2S. The van der Waals surface area contributed by atoms with E-state index in [0.29, 0.717) is 0 Å². The third kappa shape index (κ3) is 7.78. The highest BCUT2D eigenvalue weighted by molar-refractivity contribution is 7.79. The number of amides is 1. The van der Waals surface area contributed by atoms with Gasteiger partial charge in [-0.15, -0.1) is 0 Å². The fourth-order valence-electron chi connectivity index (χ4n) is 0.209. The monoisotopic (exact) mass is 151 g/mol. The third-order valence-corrected chi connectivity index (χ3v) is 0.626. The van der Waals surface area contributed by atoms with E-state index in [1.54, 1.807) is 6.26 Å². The van der Waals surface area contributed by atoms with Crippen LogP contribution in [-0.2, 0) is 4.79 Å². The predicted octanol–water partition coefficient (Wildman–Crippen LogP) is -0.341. The first-order valence-corrected chi connectivity index (χ1v) is 3.42. The van der Waals surface area contributed by atoms with E-state index in [1.165, 1.54) is 14.0 Å². The Morgan fingerprint density at radius 2 is 2.00 bits per heavy atom. The standard InChI is InChI=1S/C4H9NO2.CH4S/c1-3(6)4(7)5-2;1-2/h3,6H,1-2H3,(H,5,7);2H,1H3. The molecule has 1 unspecified atom stereocenters. The van der Waals surface area contributed by atoms with Crippen LogP contribution < -0.4 is 5.32 Å². The summed E-state index contributed by atoms with van der Waals surface area (Å²) >= 11 is 3.53. The minimum absolute atomic E-state index is 0.347. The van der Waals surface area contributed by atoms with Crippen LogP contribution in [0.5, 0.6) is 0 Å². The summed E-state index contributed by atoms with van der Waals surface area (Å²) in [5, 5.41) is 10.7. The summed E-state index contributed by atoms with van der Waals surface area (Å²) in [6.45, 7) is 1.42. The van der Waals surface area contributed by atoms with Crippen molar-refractivity contribution in [3.8, 4) is 0 Å². The minimum atomic E-state index is -0.884. The van der Waals surface area contributed by atoms with Crippen LogP contribution in [0.2, 0.25) is 0 Å². The highest BCUT2D eigenvalue weighted by Crippen LogP contribution is 1.74. The summed E-state index contributed by atoms with van der Waals surface area (Å²) in [4.78, 5) is 10.2. The number of thiol groups is 1. The Bertz CT molecular complexity index is 75.4. The molecule has 4 heteroatoms. The van der Waals surface area contributed by atoms with E-state index < -0.39 is 6.10 Å². The van der Waals surface area contributed by atoms with E-state index in [2.05, 4.69) is 17.9 Å². The van der Waals surface area contributed by atoms with E-state index in [4.69, 9.17) is 5.11 Å². The maximum absolute atomic E-state index is 10.2. The lowest BCUT2D eigenvalue weighted by Gasteiger charge is -1.98. The fraction of sp³-hybridized carbons (Fsp3) is 0.800. The summed E-state index contributed by atoms with van der Waals surface area (Å²) in [5.41, 5.74) is 0. The maximum atomic E-state index is 10.2. The fourth-order valence-corrected chi connectivity index (χ4v) is 0.209. The lowest BCUT2D eigenvalue weighted by atomic mass is 10.4. The summed E-state index contributed by atoms with van der Waals surface area (Å²) in [6.07, 6.45) is 0.810. The molecule has 0 aromatic heterocycles. The van der Waals surface area contributed by atoms with Gasteiger partial charge in [-0.05, 0) is 13.2 Å². The van der Waals surface area contributed by atoms with Crippen molar-refractivity contribution in [2.75, 3.05) is 13.3 Å². The molecule has 3 nitrogen and oxygen atoms in total. The SMILES string of the molecule is CNC(=O)C(C)O.CS. The van der Waals surface area contributed by atoms with Crippen LogP contribution in [0.4, 0.5) is 0 Å². The first kappa shape index (κ1) is 11.6. The molecule has 2 N–H and O–H groups in total. The zero-order valence-corrected chi connectivity index (χ0v) is 6.77. The molecule has 0 aliphatic carbocycles. The van der Waals surface area contributed by atoms with E-state index in [9.17, 15) is 4.79 Å². The smallest absolute Gasteiger partial charge is 0.248 e. The largest absolute Gasteiger partial charge is 0.384 e. The molecule has 0 bridgehead atoms. The van der Waals surface area contributed by atoms with E-state index >= 15 is 0 Å². The summed E-state index contributed by atoms with van der Waals surface area (Å²) < 4.78 is 0. The normalized spacial score (nSPS) is 10.8. The zero-order valence-electron chi connectivity index (χ0n) is 5.88. The van der Waals surface area contributed by atoms with Gasteiger partial charge in [0.15, 0.2) is 0 Å². The Morgan fingerprint density at radius 1 is 1.67 bits per heavy atom. The van der Waals surface area contributed by atoms with Crippen LogP contribution >= 0.6 is 12.6 Å².